The Labute approximate surface area is 193 Å². The van der Waals surface area contributed by atoms with Crippen molar-refractivity contribution in [1.29, 1.82) is 0 Å². The fourth-order valence-electron chi connectivity index (χ4n) is 3.89. The number of fused-ring (bicyclic) bond motifs is 3. The van der Waals surface area contributed by atoms with Crippen molar-refractivity contribution in [1.82, 2.24) is 34.6 Å². The smallest absolute Gasteiger partial charge is 0.306 e. The van der Waals surface area contributed by atoms with E-state index < -0.39 is 0 Å². The van der Waals surface area contributed by atoms with Gasteiger partial charge in [0.05, 0.1) is 46.9 Å². The molecule has 1 aliphatic heterocycles. The number of aromatic nitrogens is 7. The lowest BCUT2D eigenvalue weighted by Crippen LogP contribution is -2.49. The van der Waals surface area contributed by atoms with E-state index in [-0.39, 0.29) is 17.4 Å². The van der Waals surface area contributed by atoms with E-state index in [1.54, 1.807) is 27.7 Å². The third-order valence-electron chi connectivity index (χ3n) is 5.95. The van der Waals surface area contributed by atoms with Crippen LogP contribution in [0.2, 0.25) is 10.2 Å². The molecule has 0 spiro atoms. The first-order valence-corrected chi connectivity index (χ1v) is 10.7. The zero-order valence-electron chi connectivity index (χ0n) is 17.5. The van der Waals surface area contributed by atoms with Crippen molar-refractivity contribution in [3.63, 3.8) is 0 Å². The van der Waals surface area contributed by atoms with E-state index in [1.165, 1.54) is 23.4 Å². The molecule has 0 bridgehead atoms. The Hall–Kier alpha value is -3.24. The fraction of sp³-hybridized carbons (Fsp3) is 0.300. The Morgan fingerprint density at radius 1 is 1.16 bits per heavy atom. The van der Waals surface area contributed by atoms with Crippen molar-refractivity contribution in [2.45, 2.75) is 26.2 Å². The molecule has 2 amide bonds. The predicted molar refractivity (Wildman–Crippen MR) is 121 cm³/mol. The van der Waals surface area contributed by atoms with Crippen LogP contribution < -0.4 is 10.2 Å². The van der Waals surface area contributed by atoms with E-state index in [0.29, 0.717) is 39.6 Å². The summed E-state index contributed by atoms with van der Waals surface area (Å²) in [6.45, 7) is 6.87. The van der Waals surface area contributed by atoms with E-state index in [4.69, 9.17) is 23.2 Å². The zero-order valence-corrected chi connectivity index (χ0v) is 19.0. The molecule has 0 saturated heterocycles. The second-order valence-electron chi connectivity index (χ2n) is 8.24. The van der Waals surface area contributed by atoms with Gasteiger partial charge in [0.1, 0.15) is 0 Å². The molecule has 1 atom stereocenters. The number of hydrogen-bond acceptors (Lipinski definition) is 6. The van der Waals surface area contributed by atoms with Crippen LogP contribution >= 0.6 is 23.2 Å². The minimum atomic E-state index is -0.323. The predicted octanol–water partition coefficient (Wildman–Crippen LogP) is 3.98. The number of urea groups is 1. The number of halogens is 2. The van der Waals surface area contributed by atoms with E-state index in [2.05, 4.69) is 51.4 Å². The monoisotopic (exact) mass is 471 g/mol. The Morgan fingerprint density at radius 2 is 1.91 bits per heavy atom. The minimum absolute atomic E-state index is 0.143. The number of amides is 2. The van der Waals surface area contributed by atoms with Gasteiger partial charge in [-0.25, -0.2) is 19.3 Å². The van der Waals surface area contributed by atoms with E-state index >= 15 is 0 Å². The summed E-state index contributed by atoms with van der Waals surface area (Å²) in [7, 11) is 0. The first-order chi connectivity index (χ1) is 15.3. The van der Waals surface area contributed by atoms with Crippen LogP contribution in [0, 0.1) is 5.92 Å². The number of carbonyl (C=O) groups excluding carboxylic acids is 1. The summed E-state index contributed by atoms with van der Waals surface area (Å²) in [6, 6.07) is 2.99. The first-order valence-electron chi connectivity index (χ1n) is 9.91. The number of nitrogens with zero attached hydrogens (tertiary/aromatic N) is 8. The van der Waals surface area contributed by atoms with Crippen molar-refractivity contribution < 1.29 is 4.79 Å². The molecule has 1 aliphatic rings. The molecule has 32 heavy (non-hydrogen) atoms. The number of pyridine rings is 1. The van der Waals surface area contributed by atoms with E-state index in [0.717, 1.165) is 5.69 Å². The van der Waals surface area contributed by atoms with Crippen molar-refractivity contribution in [3.05, 3.63) is 52.8 Å². The summed E-state index contributed by atoms with van der Waals surface area (Å²) in [5, 5.41) is 16.0. The van der Waals surface area contributed by atoms with Gasteiger partial charge in [0, 0.05) is 18.0 Å². The largest absolute Gasteiger partial charge is 0.326 e. The molecule has 5 rings (SSSR count). The molecule has 5 heterocycles. The molecule has 4 aromatic rings. The van der Waals surface area contributed by atoms with E-state index in [1.807, 2.05) is 0 Å². The maximum Gasteiger partial charge on any atom is 0.326 e. The molecule has 0 aliphatic carbocycles. The topological polar surface area (TPSA) is 106 Å². The molecule has 0 aromatic carbocycles. The molecule has 1 unspecified atom stereocenters. The lowest BCUT2D eigenvalue weighted by molar-refractivity contribution is 0.249. The van der Waals surface area contributed by atoms with Crippen LogP contribution in [0.1, 0.15) is 26.5 Å². The van der Waals surface area contributed by atoms with Gasteiger partial charge >= 0.3 is 6.03 Å². The van der Waals surface area contributed by atoms with Gasteiger partial charge in [-0.1, -0.05) is 44.0 Å². The molecular weight excluding hydrogens is 453 g/mol. The average Bonchev–Trinajstić information content (AvgIpc) is 3.39. The number of anilines is 2. The quantitative estimate of drug-likeness (QED) is 0.473. The molecular formula is C20H19Cl2N9O. The van der Waals surface area contributed by atoms with Crippen LogP contribution in [0.15, 0.2) is 36.9 Å². The molecule has 12 heteroatoms. The molecule has 0 radical (unpaired) electrons. The number of rotatable bonds is 2. The van der Waals surface area contributed by atoms with Gasteiger partial charge in [0.25, 0.3) is 0 Å². The Balaban J connectivity index is 1.50. The van der Waals surface area contributed by atoms with E-state index in [9.17, 15) is 4.79 Å². The van der Waals surface area contributed by atoms with Crippen LogP contribution in [0.25, 0.3) is 11.5 Å². The van der Waals surface area contributed by atoms with Crippen LogP contribution in [-0.2, 0) is 5.41 Å². The Kier molecular flexibility index (Phi) is 4.79. The van der Waals surface area contributed by atoms with Crippen LogP contribution in [0.3, 0.4) is 0 Å². The zero-order chi connectivity index (χ0) is 22.6. The van der Waals surface area contributed by atoms with Gasteiger partial charge in [0.2, 0.25) is 0 Å². The van der Waals surface area contributed by atoms with Crippen molar-refractivity contribution >= 4 is 46.3 Å². The SMILES string of the molecule is CC1CN(C(=O)Nc2cnc(-n3nccn3)c(Cl)c2)c2cnc3cc(Cl)nn3c2C1(C)C. The maximum atomic E-state index is 13.3. The second kappa shape index (κ2) is 7.42. The summed E-state index contributed by atoms with van der Waals surface area (Å²) in [5.74, 6) is 0.514. The van der Waals surface area contributed by atoms with Gasteiger partial charge < -0.3 is 5.32 Å². The summed E-state index contributed by atoms with van der Waals surface area (Å²) in [4.78, 5) is 25.0. The van der Waals surface area contributed by atoms with Gasteiger partial charge in [-0.2, -0.15) is 15.3 Å². The summed E-state index contributed by atoms with van der Waals surface area (Å²) >= 11 is 12.5. The lowest BCUT2D eigenvalue weighted by Gasteiger charge is -2.43. The standard InChI is InChI=1S/C20H19Cl2N9O/c1-11-10-29(14-9-23-16-7-15(22)28-30(16)17(14)20(11,2)3)19(32)27-12-6-13(21)18(24-8-12)31-25-4-5-26-31/h4-9,11H,10H2,1-3H3,(H,27,32). The Morgan fingerprint density at radius 3 is 2.62 bits per heavy atom. The van der Waals surface area contributed by atoms with Crippen LogP contribution in [-0.4, -0.2) is 47.2 Å². The molecule has 0 fully saturated rings. The molecule has 10 nitrogen and oxygen atoms in total. The van der Waals surface area contributed by atoms with Crippen molar-refractivity contribution in [3.8, 4) is 5.82 Å². The third kappa shape index (κ3) is 3.26. The van der Waals surface area contributed by atoms with Gasteiger partial charge in [-0.15, -0.1) is 4.80 Å². The Bertz CT molecular complexity index is 1330. The van der Waals surface area contributed by atoms with Gasteiger partial charge in [0.15, 0.2) is 16.6 Å². The number of carbonyl (C=O) groups is 1. The molecule has 4 aromatic heterocycles. The highest BCUT2D eigenvalue weighted by atomic mass is 35.5. The first kappa shape index (κ1) is 20.7. The maximum absolute atomic E-state index is 13.3. The van der Waals surface area contributed by atoms with Gasteiger partial charge in [-0.3, -0.25) is 4.90 Å². The summed E-state index contributed by atoms with van der Waals surface area (Å²) in [6.07, 6.45) is 6.26. The number of nitrogens with one attached hydrogen (secondary N) is 1. The molecule has 1 N–H and O–H groups in total. The molecule has 0 saturated carbocycles. The highest BCUT2D eigenvalue weighted by molar-refractivity contribution is 6.32. The van der Waals surface area contributed by atoms with Crippen molar-refractivity contribution in [2.75, 3.05) is 16.8 Å². The minimum Gasteiger partial charge on any atom is -0.306 e. The van der Waals surface area contributed by atoms with Gasteiger partial charge in [-0.05, 0) is 12.0 Å². The summed E-state index contributed by atoms with van der Waals surface area (Å²) in [5.41, 5.74) is 2.38. The highest BCUT2D eigenvalue weighted by Gasteiger charge is 2.42. The lowest BCUT2D eigenvalue weighted by atomic mass is 9.73. The molecule has 164 valence electrons. The summed E-state index contributed by atoms with van der Waals surface area (Å²) < 4.78 is 1.72. The normalized spacial score (nSPS) is 17.4. The van der Waals surface area contributed by atoms with Crippen molar-refractivity contribution in [2.24, 2.45) is 5.92 Å². The van der Waals surface area contributed by atoms with Crippen LogP contribution in [0.5, 0.6) is 0 Å². The third-order valence-corrected chi connectivity index (χ3v) is 6.41. The number of hydrogen-bond donors (Lipinski definition) is 1. The van der Waals surface area contributed by atoms with Crippen LogP contribution in [0.4, 0.5) is 16.2 Å². The average molecular weight is 472 g/mol. The highest BCUT2D eigenvalue weighted by Crippen LogP contribution is 2.43. The fourth-order valence-corrected chi connectivity index (χ4v) is 4.30. The second-order valence-corrected chi connectivity index (χ2v) is 9.03.